The molecule has 0 atom stereocenters. The van der Waals surface area contributed by atoms with Crippen molar-refractivity contribution in [3.05, 3.63) is 0 Å². The minimum Gasteiger partial charge on any atom is -0.396 e. The van der Waals surface area contributed by atoms with Crippen molar-refractivity contribution < 1.29 is 93.8 Å². The molecule has 0 aliphatic heterocycles. The van der Waals surface area contributed by atoms with Crippen molar-refractivity contribution in [1.82, 2.24) is 0 Å². The summed E-state index contributed by atoms with van der Waals surface area (Å²) < 4.78 is 0. The molecule has 0 aliphatic rings. The third-order valence-corrected chi connectivity index (χ3v) is 0.512. The minimum atomic E-state index is 0. The molecule has 8 heavy (non-hydrogen) atoms. The van der Waals surface area contributed by atoms with Gasteiger partial charge in [0.25, 0.3) is 0 Å². The van der Waals surface area contributed by atoms with Crippen LogP contribution in [0.3, 0.4) is 0 Å². The Morgan fingerprint density at radius 1 is 1.12 bits per heavy atom. The van der Waals surface area contributed by atoms with Crippen molar-refractivity contribution in [2.45, 2.75) is 19.8 Å². The predicted molar refractivity (Wildman–Crippen MR) is 22.0 cm³/mol. The largest absolute Gasteiger partial charge is 1.00 e. The molecule has 0 fully saturated rings. The van der Waals surface area contributed by atoms with Crippen molar-refractivity contribution in [3.63, 3.8) is 0 Å². The maximum absolute atomic E-state index is 8.07. The third kappa shape index (κ3) is 23.1. The van der Waals surface area contributed by atoms with E-state index in [1.54, 1.807) is 0 Å². The monoisotopic (exact) mass is 143 g/mol. The van der Waals surface area contributed by atoms with Gasteiger partial charge >= 0.3 is 88.7 Å². The van der Waals surface area contributed by atoms with Crippen molar-refractivity contribution in [2.75, 3.05) is 6.61 Å². The van der Waals surface area contributed by atoms with Crippen LogP contribution < -0.4 is 88.7 Å². The van der Waals surface area contributed by atoms with Gasteiger partial charge in [-0.25, -0.2) is 0 Å². The number of unbranched alkanes of at least 4 members (excludes halogenated alkanes) is 1. The Labute approximate surface area is 118 Å². The van der Waals surface area contributed by atoms with E-state index in [9.17, 15) is 0 Å². The van der Waals surface area contributed by atoms with E-state index < -0.39 is 0 Å². The molecule has 0 saturated heterocycles. The van der Waals surface area contributed by atoms with E-state index in [2.05, 4.69) is 6.92 Å². The van der Waals surface area contributed by atoms with Crippen LogP contribution in [-0.2, 0) is 0 Å². The van der Waals surface area contributed by atoms with Gasteiger partial charge in [0.1, 0.15) is 0 Å². The van der Waals surface area contributed by atoms with E-state index in [-0.39, 0.29) is 88.7 Å². The molecule has 0 aromatic rings. The van der Waals surface area contributed by atoms with Crippen molar-refractivity contribution in [1.29, 1.82) is 0 Å². The zero-order chi connectivity index (χ0) is 4.12. The molecule has 0 aromatic heterocycles. The first-order valence-electron chi connectivity index (χ1n) is 2.02. The minimum absolute atomic E-state index is 0. The van der Waals surface area contributed by atoms with Crippen LogP contribution in [0.1, 0.15) is 19.8 Å². The van der Waals surface area contributed by atoms with Crippen LogP contribution in [0.25, 0.3) is 0 Å². The number of rotatable bonds is 2. The fourth-order valence-corrected chi connectivity index (χ4v) is 0.158. The van der Waals surface area contributed by atoms with Gasteiger partial charge < -0.3 is 5.11 Å². The second-order valence-corrected chi connectivity index (χ2v) is 1.08. The molecule has 0 amide bonds. The second-order valence-electron chi connectivity index (χ2n) is 1.08. The number of aliphatic hydroxyl groups excluding tert-OH is 1. The summed E-state index contributed by atoms with van der Waals surface area (Å²) in [5, 5.41) is 8.07. The number of aliphatic hydroxyl groups is 1. The first kappa shape index (κ1) is 22.4. The zero-order valence-corrected chi connectivity index (χ0v) is 12.6. The fourth-order valence-electron chi connectivity index (χ4n) is 0.158. The standard InChI is InChI=1S/C4H10O.3Na/c1-2-3-4-5;;;/h5H,2-4H2,1H3;;;/q;3*+1. The Morgan fingerprint density at radius 3 is 1.50 bits per heavy atom. The van der Waals surface area contributed by atoms with E-state index in [0.717, 1.165) is 12.8 Å². The third-order valence-electron chi connectivity index (χ3n) is 0.512. The molecule has 0 unspecified atom stereocenters. The van der Waals surface area contributed by atoms with Crippen molar-refractivity contribution >= 4 is 0 Å². The van der Waals surface area contributed by atoms with Crippen LogP contribution in [-0.4, -0.2) is 11.7 Å². The quantitative estimate of drug-likeness (QED) is 0.381. The van der Waals surface area contributed by atoms with E-state index in [4.69, 9.17) is 5.11 Å². The predicted octanol–water partition coefficient (Wildman–Crippen LogP) is -8.21. The van der Waals surface area contributed by atoms with Crippen LogP contribution in [0, 0.1) is 0 Å². The second kappa shape index (κ2) is 22.5. The van der Waals surface area contributed by atoms with Crippen LogP contribution in [0.15, 0.2) is 0 Å². The van der Waals surface area contributed by atoms with Crippen molar-refractivity contribution in [2.24, 2.45) is 0 Å². The molecule has 0 rings (SSSR count). The SMILES string of the molecule is CCCCO.[Na+].[Na+].[Na+]. The Kier molecular flexibility index (Phi) is 63.2. The molecule has 0 bridgehead atoms. The van der Waals surface area contributed by atoms with Gasteiger partial charge in [0.2, 0.25) is 0 Å². The molecule has 0 heterocycles. The van der Waals surface area contributed by atoms with Gasteiger partial charge in [0, 0.05) is 6.61 Å². The van der Waals surface area contributed by atoms with Gasteiger partial charge in [-0.15, -0.1) is 0 Å². The Hall–Kier alpha value is 2.96. The summed E-state index contributed by atoms with van der Waals surface area (Å²) in [6, 6.07) is 0. The summed E-state index contributed by atoms with van der Waals surface area (Å²) >= 11 is 0. The summed E-state index contributed by atoms with van der Waals surface area (Å²) in [5.41, 5.74) is 0. The molecule has 0 aliphatic carbocycles. The number of hydrogen-bond acceptors (Lipinski definition) is 1. The van der Waals surface area contributed by atoms with Crippen LogP contribution in [0.5, 0.6) is 0 Å². The maximum Gasteiger partial charge on any atom is 1.00 e. The molecule has 0 saturated carbocycles. The van der Waals surface area contributed by atoms with E-state index in [0.29, 0.717) is 6.61 Å². The molecule has 1 N–H and O–H groups in total. The smallest absolute Gasteiger partial charge is 0.396 e. The molecule has 4 heteroatoms. The Balaban J connectivity index is -0.0000000267. The molecular weight excluding hydrogens is 133 g/mol. The average Bonchev–Trinajstić information content (AvgIpc) is 1.41. The first-order valence-corrected chi connectivity index (χ1v) is 2.02. The van der Waals surface area contributed by atoms with Crippen LogP contribution >= 0.6 is 0 Å². The molecule has 32 valence electrons. The zero-order valence-electron chi connectivity index (χ0n) is 6.57. The van der Waals surface area contributed by atoms with Gasteiger partial charge in [0.05, 0.1) is 0 Å². The summed E-state index contributed by atoms with van der Waals surface area (Å²) in [5.74, 6) is 0. The van der Waals surface area contributed by atoms with Gasteiger partial charge in [-0.1, -0.05) is 13.3 Å². The topological polar surface area (TPSA) is 20.2 Å². The normalized spacial score (nSPS) is 5.25. The van der Waals surface area contributed by atoms with Gasteiger partial charge in [0.15, 0.2) is 0 Å². The molecule has 0 radical (unpaired) electrons. The summed E-state index contributed by atoms with van der Waals surface area (Å²) in [4.78, 5) is 0. The average molecular weight is 143 g/mol. The van der Waals surface area contributed by atoms with E-state index in [1.165, 1.54) is 0 Å². The summed E-state index contributed by atoms with van der Waals surface area (Å²) in [6.07, 6.45) is 2.04. The summed E-state index contributed by atoms with van der Waals surface area (Å²) in [7, 11) is 0. The van der Waals surface area contributed by atoms with Crippen molar-refractivity contribution in [3.8, 4) is 0 Å². The van der Waals surface area contributed by atoms with E-state index in [1.807, 2.05) is 0 Å². The van der Waals surface area contributed by atoms with E-state index >= 15 is 0 Å². The number of hydrogen-bond donors (Lipinski definition) is 1. The Morgan fingerprint density at radius 2 is 1.50 bits per heavy atom. The van der Waals surface area contributed by atoms with Crippen LogP contribution in [0.2, 0.25) is 0 Å². The Bertz CT molecular complexity index is 18.8. The molecule has 1 nitrogen and oxygen atoms in total. The van der Waals surface area contributed by atoms with Crippen LogP contribution in [0.4, 0.5) is 0 Å². The maximum atomic E-state index is 8.07. The molecular formula is C4H10Na3O+3. The fraction of sp³-hybridized carbons (Fsp3) is 1.00. The van der Waals surface area contributed by atoms with Gasteiger partial charge in [-0.2, -0.15) is 0 Å². The molecule has 0 spiro atoms. The summed E-state index contributed by atoms with van der Waals surface area (Å²) in [6.45, 7) is 2.40. The molecule has 0 aromatic carbocycles. The van der Waals surface area contributed by atoms with Gasteiger partial charge in [-0.3, -0.25) is 0 Å². The first-order chi connectivity index (χ1) is 2.41. The van der Waals surface area contributed by atoms with Gasteiger partial charge in [-0.05, 0) is 6.42 Å².